The van der Waals surface area contributed by atoms with Gasteiger partial charge in [0.15, 0.2) is 23.1 Å². The number of pyridine rings is 1. The molecule has 10 nitrogen and oxygen atoms in total. The molecule has 0 N–H and O–H groups in total. The van der Waals surface area contributed by atoms with Gasteiger partial charge in [-0.05, 0) is 42.8 Å². The second kappa shape index (κ2) is 13.1. The lowest BCUT2D eigenvalue weighted by molar-refractivity contribution is -0.141. The number of rotatable bonds is 9. The molecule has 0 radical (unpaired) electrons. The van der Waals surface area contributed by atoms with Crippen LogP contribution in [0.3, 0.4) is 0 Å². The summed E-state index contributed by atoms with van der Waals surface area (Å²) in [4.78, 5) is 44.0. The Labute approximate surface area is 268 Å². The molecular formula is C27H21Cl4F3N6O4. The van der Waals surface area contributed by atoms with Gasteiger partial charge < -0.3 is 9.64 Å². The second-order valence-electron chi connectivity index (χ2n) is 9.41. The molecule has 0 aliphatic heterocycles. The second-order valence-corrected chi connectivity index (χ2v) is 11.0. The van der Waals surface area contributed by atoms with E-state index in [1.165, 1.54) is 44.4 Å². The Bertz CT molecular complexity index is 1770. The van der Waals surface area contributed by atoms with Crippen molar-refractivity contribution >= 4 is 64.1 Å². The van der Waals surface area contributed by atoms with E-state index in [1.807, 2.05) is 0 Å². The van der Waals surface area contributed by atoms with Gasteiger partial charge in [-0.3, -0.25) is 14.3 Å². The van der Waals surface area contributed by atoms with Crippen LogP contribution in [0.2, 0.25) is 20.1 Å². The molecule has 17 heteroatoms. The molecule has 0 saturated carbocycles. The molecule has 44 heavy (non-hydrogen) atoms. The number of ketones is 2. The molecular weight excluding hydrogens is 671 g/mol. The highest BCUT2D eigenvalue weighted by Crippen LogP contribution is 2.35. The molecule has 0 saturated heterocycles. The summed E-state index contributed by atoms with van der Waals surface area (Å²) in [6.07, 6.45) is -4.56. The topological polar surface area (TPSA) is 112 Å². The van der Waals surface area contributed by atoms with Gasteiger partial charge in [0.25, 0.3) is 0 Å². The van der Waals surface area contributed by atoms with Crippen LogP contribution in [-0.4, -0.2) is 67.8 Å². The molecule has 1 aromatic carbocycles. The number of ether oxygens (including phenoxy) is 1. The Hall–Kier alpha value is -3.65. The van der Waals surface area contributed by atoms with E-state index in [-0.39, 0.29) is 55.6 Å². The zero-order valence-electron chi connectivity index (χ0n) is 23.0. The van der Waals surface area contributed by atoms with Crippen LogP contribution < -0.4 is 0 Å². The lowest BCUT2D eigenvalue weighted by Crippen LogP contribution is -2.32. The number of benzene rings is 1. The van der Waals surface area contributed by atoms with E-state index in [4.69, 9.17) is 46.4 Å². The van der Waals surface area contributed by atoms with Crippen molar-refractivity contribution in [1.29, 1.82) is 0 Å². The van der Waals surface area contributed by atoms with Gasteiger partial charge in [-0.1, -0.05) is 46.4 Å². The van der Waals surface area contributed by atoms with Crippen LogP contribution in [0.25, 0.3) is 5.82 Å². The van der Waals surface area contributed by atoms with Crippen molar-refractivity contribution < 1.29 is 32.3 Å². The van der Waals surface area contributed by atoms with Gasteiger partial charge >= 0.3 is 12.3 Å². The normalized spacial score (nSPS) is 11.5. The summed E-state index contributed by atoms with van der Waals surface area (Å²) >= 11 is 24.8. The van der Waals surface area contributed by atoms with Gasteiger partial charge in [-0.2, -0.15) is 23.4 Å². The van der Waals surface area contributed by atoms with E-state index in [0.29, 0.717) is 0 Å². The molecule has 0 aliphatic rings. The monoisotopic (exact) mass is 690 g/mol. The standard InChI is InChI=1S/C27H21Cl4F3N6O4/c1-13-23(31)24(27(32,33)34)37-39(13)11-15-9-20(40(36-15)25-18(29)5-4-6-35-25)21(41)10-16-17(7-14(28)8-19(16)30)22(42)12-38(2)26(43)44-3/h4-9H,10-12H2,1-3H3. The fourth-order valence-electron chi connectivity index (χ4n) is 4.22. The molecule has 0 unspecified atom stereocenters. The first-order chi connectivity index (χ1) is 20.6. The minimum absolute atomic E-state index is 0.00440. The highest BCUT2D eigenvalue weighted by atomic mass is 35.5. The van der Waals surface area contributed by atoms with Gasteiger partial charge in [-0.15, -0.1) is 0 Å². The maximum Gasteiger partial charge on any atom is 0.436 e. The van der Waals surface area contributed by atoms with E-state index in [2.05, 4.69) is 19.9 Å². The average molecular weight is 692 g/mol. The number of halogens is 7. The molecule has 232 valence electrons. The largest absolute Gasteiger partial charge is 0.453 e. The third-order valence-electron chi connectivity index (χ3n) is 6.36. The van der Waals surface area contributed by atoms with E-state index >= 15 is 0 Å². The number of hydrogen-bond donors (Lipinski definition) is 0. The molecule has 0 fully saturated rings. The smallest absolute Gasteiger partial charge is 0.436 e. The lowest BCUT2D eigenvalue weighted by atomic mass is 9.97. The van der Waals surface area contributed by atoms with Crippen molar-refractivity contribution in [3.63, 3.8) is 0 Å². The molecule has 0 aliphatic carbocycles. The molecule has 4 rings (SSSR count). The van der Waals surface area contributed by atoms with Gasteiger partial charge in [-0.25, -0.2) is 14.5 Å². The van der Waals surface area contributed by atoms with Crippen molar-refractivity contribution in [3.05, 3.63) is 90.5 Å². The first-order valence-electron chi connectivity index (χ1n) is 12.5. The molecule has 0 atom stereocenters. The van der Waals surface area contributed by atoms with Crippen molar-refractivity contribution in [3.8, 4) is 5.82 Å². The summed E-state index contributed by atoms with van der Waals surface area (Å²) in [5.41, 5.74) is -1.05. The number of Topliss-reactive ketones (excluding diaryl/α,β-unsaturated/α-hetero) is 2. The average Bonchev–Trinajstić information content (AvgIpc) is 3.50. The molecule has 1 amide bonds. The van der Waals surface area contributed by atoms with Gasteiger partial charge in [0, 0.05) is 35.3 Å². The van der Waals surface area contributed by atoms with Crippen LogP contribution in [0.1, 0.15) is 43.5 Å². The number of aromatic nitrogens is 5. The Morgan fingerprint density at radius 3 is 2.34 bits per heavy atom. The van der Waals surface area contributed by atoms with E-state index in [0.717, 1.165) is 21.4 Å². The molecule has 4 aromatic rings. The van der Waals surface area contributed by atoms with Crippen molar-refractivity contribution in [1.82, 2.24) is 29.4 Å². The third kappa shape index (κ3) is 7.01. The predicted molar refractivity (Wildman–Crippen MR) is 156 cm³/mol. The van der Waals surface area contributed by atoms with Crippen LogP contribution in [0.4, 0.5) is 18.0 Å². The summed E-state index contributed by atoms with van der Waals surface area (Å²) in [7, 11) is 2.51. The third-order valence-corrected chi connectivity index (χ3v) is 7.67. The van der Waals surface area contributed by atoms with Crippen LogP contribution in [-0.2, 0) is 23.9 Å². The minimum Gasteiger partial charge on any atom is -0.453 e. The van der Waals surface area contributed by atoms with Gasteiger partial charge in [0.1, 0.15) is 5.69 Å². The van der Waals surface area contributed by atoms with Gasteiger partial charge in [0.2, 0.25) is 0 Å². The number of methoxy groups -OCH3 is 1. The van der Waals surface area contributed by atoms with Crippen molar-refractivity contribution in [2.45, 2.75) is 26.1 Å². The van der Waals surface area contributed by atoms with Gasteiger partial charge in [0.05, 0.1) is 41.6 Å². The lowest BCUT2D eigenvalue weighted by Gasteiger charge is -2.17. The Kier molecular flexibility index (Phi) is 9.93. The predicted octanol–water partition coefficient (Wildman–Crippen LogP) is 6.76. The maximum atomic E-state index is 13.8. The van der Waals surface area contributed by atoms with Crippen LogP contribution in [0.5, 0.6) is 0 Å². The van der Waals surface area contributed by atoms with Crippen LogP contribution in [0.15, 0.2) is 36.5 Å². The fraction of sp³-hybridized carbons (Fsp3) is 0.259. The molecule has 0 bridgehead atoms. The van der Waals surface area contributed by atoms with E-state index in [1.54, 1.807) is 6.07 Å². The van der Waals surface area contributed by atoms with Crippen molar-refractivity contribution in [2.75, 3.05) is 20.7 Å². The van der Waals surface area contributed by atoms with Crippen molar-refractivity contribution in [2.24, 2.45) is 0 Å². The maximum absolute atomic E-state index is 13.8. The molecule has 3 aromatic heterocycles. The first kappa shape index (κ1) is 33.2. The number of hydrogen-bond acceptors (Lipinski definition) is 7. The number of amides is 1. The highest BCUT2D eigenvalue weighted by Gasteiger charge is 2.38. The number of alkyl halides is 3. The minimum atomic E-state index is -4.78. The summed E-state index contributed by atoms with van der Waals surface area (Å²) < 4.78 is 46.9. The summed E-state index contributed by atoms with van der Waals surface area (Å²) in [6.45, 7) is 0.675. The van der Waals surface area contributed by atoms with E-state index in [9.17, 15) is 27.6 Å². The molecule has 0 spiro atoms. The SMILES string of the molecule is COC(=O)N(C)CC(=O)c1cc(Cl)cc(Cl)c1CC(=O)c1cc(Cn2nc(C(F)(F)F)c(Cl)c2C)nn1-c1ncccc1Cl. The van der Waals surface area contributed by atoms with Crippen LogP contribution in [0, 0.1) is 6.92 Å². The number of nitrogens with zero attached hydrogens (tertiary/aromatic N) is 6. The quantitative estimate of drug-likeness (QED) is 0.178. The zero-order chi connectivity index (χ0) is 32.5. The van der Waals surface area contributed by atoms with E-state index < -0.39 is 47.5 Å². The summed E-state index contributed by atoms with van der Waals surface area (Å²) in [5.74, 6) is -1.11. The highest BCUT2D eigenvalue weighted by molar-refractivity contribution is 6.36. The summed E-state index contributed by atoms with van der Waals surface area (Å²) in [5, 5.41) is 7.67. The fourth-order valence-corrected chi connectivity index (χ4v) is 5.22. The number of carbonyl (C=O) groups excluding carboxylic acids is 3. The number of likely N-dealkylation sites (N-methyl/N-ethyl adjacent to an activating group) is 1. The Morgan fingerprint density at radius 1 is 1.02 bits per heavy atom. The first-order valence-corrected chi connectivity index (χ1v) is 14.0. The zero-order valence-corrected chi connectivity index (χ0v) is 26.1. The van der Waals surface area contributed by atoms with Crippen LogP contribution >= 0.6 is 46.4 Å². The number of carbonyl (C=O) groups is 3. The molecule has 3 heterocycles. The summed E-state index contributed by atoms with van der Waals surface area (Å²) in [6, 6.07) is 7.09. The Morgan fingerprint density at radius 2 is 1.73 bits per heavy atom. The Balaban J connectivity index is 1.76.